The topological polar surface area (TPSA) is 103 Å². The van der Waals surface area contributed by atoms with Gasteiger partial charge in [-0.25, -0.2) is 22.6 Å². The third-order valence-corrected chi connectivity index (χ3v) is 6.78. The maximum atomic E-state index is 13.9. The largest absolute Gasteiger partial charge is 0.467 e. The van der Waals surface area contributed by atoms with Crippen molar-refractivity contribution in [1.29, 1.82) is 0 Å². The highest BCUT2D eigenvalue weighted by Gasteiger charge is 2.61. The lowest BCUT2D eigenvalue weighted by Gasteiger charge is -2.56. The molecule has 202 valence electrons. The zero-order valence-electron chi connectivity index (χ0n) is 20.6. The molecule has 3 saturated heterocycles. The van der Waals surface area contributed by atoms with Crippen molar-refractivity contribution in [2.75, 3.05) is 26.9 Å². The number of ether oxygens (including phenoxy) is 6. The molecule has 1 spiro atoms. The van der Waals surface area contributed by atoms with Crippen LogP contribution in [-0.2, 0) is 33.2 Å². The maximum Gasteiger partial charge on any atom is 0.331 e. The summed E-state index contributed by atoms with van der Waals surface area (Å²) in [7, 11) is 1.25. The van der Waals surface area contributed by atoms with Gasteiger partial charge >= 0.3 is 5.97 Å². The third kappa shape index (κ3) is 4.98. The summed E-state index contributed by atoms with van der Waals surface area (Å²) in [4.78, 5) is 12.0. The molecule has 0 N–H and O–H groups in total. The lowest BCUT2D eigenvalue weighted by atomic mass is 9.85. The van der Waals surface area contributed by atoms with Gasteiger partial charge in [-0.05, 0) is 38.8 Å². The van der Waals surface area contributed by atoms with Crippen molar-refractivity contribution in [3.63, 3.8) is 0 Å². The molecule has 4 heterocycles. The minimum absolute atomic E-state index is 0.00450. The van der Waals surface area contributed by atoms with Crippen molar-refractivity contribution in [1.82, 2.24) is 15.0 Å². The van der Waals surface area contributed by atoms with Gasteiger partial charge in [0.25, 0.3) is 0 Å². The molecular formula is C24H28F3N3O7. The van der Waals surface area contributed by atoms with Crippen LogP contribution in [0.25, 0.3) is 11.3 Å². The zero-order chi connectivity index (χ0) is 26.4. The van der Waals surface area contributed by atoms with Crippen molar-refractivity contribution < 1.29 is 46.4 Å². The van der Waals surface area contributed by atoms with Gasteiger partial charge in [-0.2, -0.15) is 0 Å². The second-order valence-corrected chi connectivity index (χ2v) is 9.70. The van der Waals surface area contributed by atoms with Gasteiger partial charge in [-0.3, -0.25) is 0 Å². The van der Waals surface area contributed by atoms with Crippen LogP contribution < -0.4 is 0 Å². The van der Waals surface area contributed by atoms with Gasteiger partial charge in [-0.1, -0.05) is 5.21 Å². The number of hydrogen-bond acceptors (Lipinski definition) is 9. The number of carbonyl (C=O) groups excluding carboxylic acids is 1. The molecule has 0 saturated carbocycles. The average molecular weight is 527 g/mol. The van der Waals surface area contributed by atoms with E-state index in [9.17, 15) is 18.0 Å². The molecule has 37 heavy (non-hydrogen) atoms. The van der Waals surface area contributed by atoms with Crippen LogP contribution in [0.1, 0.15) is 39.2 Å². The number of benzene rings is 1. The fourth-order valence-corrected chi connectivity index (χ4v) is 5.06. The van der Waals surface area contributed by atoms with E-state index in [1.807, 2.05) is 0 Å². The van der Waals surface area contributed by atoms with E-state index < -0.39 is 59.3 Å². The molecule has 3 aliphatic rings. The van der Waals surface area contributed by atoms with Crippen LogP contribution in [0.2, 0.25) is 0 Å². The summed E-state index contributed by atoms with van der Waals surface area (Å²) in [6.07, 6.45) is 1.36. The number of fused-ring (bicyclic) bond motifs is 1. The summed E-state index contributed by atoms with van der Waals surface area (Å²) >= 11 is 0. The number of hydrogen-bond donors (Lipinski definition) is 0. The van der Waals surface area contributed by atoms with Crippen LogP contribution in [0.3, 0.4) is 0 Å². The summed E-state index contributed by atoms with van der Waals surface area (Å²) in [5.41, 5.74) is 0.0904. The Morgan fingerprint density at radius 2 is 1.92 bits per heavy atom. The highest BCUT2D eigenvalue weighted by molar-refractivity contribution is 5.70. The molecular weight excluding hydrogens is 499 g/mol. The Bertz CT molecular complexity index is 1130. The van der Waals surface area contributed by atoms with E-state index in [-0.39, 0.29) is 24.5 Å². The number of methoxy groups -OCH3 is 1. The van der Waals surface area contributed by atoms with Gasteiger partial charge in [0.2, 0.25) is 0 Å². The molecule has 5 atom stereocenters. The van der Waals surface area contributed by atoms with Gasteiger partial charge in [-0.15, -0.1) is 5.10 Å². The number of rotatable bonds is 5. The molecule has 1 aromatic heterocycles. The second-order valence-electron chi connectivity index (χ2n) is 9.70. The molecule has 0 radical (unpaired) electrons. The van der Waals surface area contributed by atoms with Crippen LogP contribution in [0.5, 0.6) is 0 Å². The molecule has 0 aliphatic carbocycles. The van der Waals surface area contributed by atoms with E-state index >= 15 is 0 Å². The fraction of sp³-hybridized carbons (Fsp3) is 0.625. The Kier molecular flexibility index (Phi) is 7.00. The Hall–Kier alpha value is -2.58. The molecule has 3 aliphatic heterocycles. The molecule has 13 heteroatoms. The maximum absolute atomic E-state index is 13.9. The normalized spacial score (nSPS) is 31.2. The fourth-order valence-electron chi connectivity index (χ4n) is 5.06. The van der Waals surface area contributed by atoms with E-state index in [1.165, 1.54) is 18.0 Å². The summed E-state index contributed by atoms with van der Waals surface area (Å²) < 4.78 is 78.3. The summed E-state index contributed by atoms with van der Waals surface area (Å²) in [6, 6.07) is 0.927. The van der Waals surface area contributed by atoms with E-state index in [0.717, 1.165) is 25.0 Å². The zero-order valence-corrected chi connectivity index (χ0v) is 20.6. The van der Waals surface area contributed by atoms with Crippen LogP contribution >= 0.6 is 0 Å². The SMILES string of the molecule is COC(=O)COC1[C@@H](n2cc(-c3cc(F)c(F)c(F)c3)nn2)[C@H]2OC(C)(C)OC[C@H]2O[C@@]12CCCCO2. The molecule has 0 bridgehead atoms. The number of halogens is 3. The Balaban J connectivity index is 1.57. The first kappa shape index (κ1) is 26.0. The molecule has 10 nitrogen and oxygen atoms in total. The van der Waals surface area contributed by atoms with E-state index in [2.05, 4.69) is 10.3 Å². The molecule has 3 fully saturated rings. The Morgan fingerprint density at radius 1 is 1.16 bits per heavy atom. The lowest BCUT2D eigenvalue weighted by molar-refractivity contribution is -0.416. The van der Waals surface area contributed by atoms with Gasteiger partial charge in [0.15, 0.2) is 29.0 Å². The first-order valence-corrected chi connectivity index (χ1v) is 12.0. The Labute approximate surface area is 210 Å². The number of nitrogens with zero attached hydrogens (tertiary/aromatic N) is 3. The summed E-state index contributed by atoms with van der Waals surface area (Å²) in [6.45, 7) is 3.72. The highest BCUT2D eigenvalue weighted by atomic mass is 19.2. The van der Waals surface area contributed by atoms with Crippen molar-refractivity contribution in [3.05, 3.63) is 35.8 Å². The van der Waals surface area contributed by atoms with Crippen molar-refractivity contribution in [3.8, 4) is 11.3 Å². The average Bonchev–Trinajstić information content (AvgIpc) is 3.36. The second kappa shape index (κ2) is 9.95. The minimum Gasteiger partial charge on any atom is -0.467 e. The van der Waals surface area contributed by atoms with Crippen molar-refractivity contribution in [2.45, 2.75) is 69.0 Å². The minimum atomic E-state index is -1.58. The third-order valence-electron chi connectivity index (χ3n) is 6.78. The van der Waals surface area contributed by atoms with Gasteiger partial charge in [0.05, 0.1) is 26.5 Å². The van der Waals surface area contributed by atoms with E-state index in [4.69, 9.17) is 28.4 Å². The lowest BCUT2D eigenvalue weighted by Crippen LogP contribution is -2.68. The number of aromatic nitrogens is 3. The van der Waals surface area contributed by atoms with E-state index in [1.54, 1.807) is 13.8 Å². The van der Waals surface area contributed by atoms with Crippen molar-refractivity contribution in [2.24, 2.45) is 0 Å². The first-order chi connectivity index (χ1) is 17.6. The van der Waals surface area contributed by atoms with Crippen LogP contribution in [0.15, 0.2) is 18.3 Å². The van der Waals surface area contributed by atoms with Gasteiger partial charge in [0.1, 0.15) is 36.7 Å². The predicted octanol–water partition coefficient (Wildman–Crippen LogP) is 2.91. The molecule has 2 aromatic rings. The number of esters is 1. The molecule has 1 unspecified atom stereocenters. The Morgan fingerprint density at radius 3 is 2.59 bits per heavy atom. The number of carbonyl (C=O) groups is 1. The van der Waals surface area contributed by atoms with E-state index in [0.29, 0.717) is 13.0 Å². The smallest absolute Gasteiger partial charge is 0.331 e. The first-order valence-electron chi connectivity index (χ1n) is 12.0. The molecule has 0 amide bonds. The standard InChI is InChI=1S/C24H28F3N3O7/c1-23(2)35-11-17-21(37-23)20(22(33-12-18(31)32-3)24(36-17)6-4-5-7-34-24)30-10-16(28-29-30)13-8-14(25)19(27)15(26)9-13/h8-10,17,20-22H,4-7,11-12H2,1-3H3/t17-,20+,21+,22?,24+/m1/s1. The van der Waals surface area contributed by atoms with Crippen LogP contribution in [0, 0.1) is 17.5 Å². The van der Waals surface area contributed by atoms with Gasteiger partial charge in [0, 0.05) is 12.0 Å². The summed E-state index contributed by atoms with van der Waals surface area (Å²) in [5, 5.41) is 8.28. The van der Waals surface area contributed by atoms with Crippen LogP contribution in [0.4, 0.5) is 13.2 Å². The quantitative estimate of drug-likeness (QED) is 0.429. The van der Waals surface area contributed by atoms with Crippen molar-refractivity contribution >= 4 is 5.97 Å². The van der Waals surface area contributed by atoms with Gasteiger partial charge < -0.3 is 28.4 Å². The highest BCUT2D eigenvalue weighted by Crippen LogP contribution is 2.47. The molecule has 1 aromatic carbocycles. The predicted molar refractivity (Wildman–Crippen MR) is 118 cm³/mol. The summed E-state index contributed by atoms with van der Waals surface area (Å²) in [5.74, 6) is -7.09. The monoisotopic (exact) mass is 527 g/mol. The van der Waals surface area contributed by atoms with Crippen LogP contribution in [-0.4, -0.2) is 77.8 Å². The molecule has 5 rings (SSSR count).